The van der Waals surface area contributed by atoms with Crippen molar-refractivity contribution in [3.05, 3.63) is 59.7 Å². The number of rotatable bonds is 9. The van der Waals surface area contributed by atoms with Crippen LogP contribution in [0.4, 0.5) is 5.69 Å². The van der Waals surface area contributed by atoms with Crippen molar-refractivity contribution in [3.8, 4) is 0 Å². The normalized spacial score (nSPS) is 12.5. The van der Waals surface area contributed by atoms with E-state index in [4.69, 9.17) is 0 Å². The summed E-state index contributed by atoms with van der Waals surface area (Å²) >= 11 is 0. The van der Waals surface area contributed by atoms with Gasteiger partial charge in [-0.15, -0.1) is 0 Å². The lowest BCUT2D eigenvalue weighted by molar-refractivity contribution is 0.0697. The van der Waals surface area contributed by atoms with Gasteiger partial charge in [0.25, 0.3) is 0 Å². The van der Waals surface area contributed by atoms with E-state index in [1.165, 1.54) is 18.2 Å². The Kier molecular flexibility index (Phi) is 6.76. The van der Waals surface area contributed by atoms with Gasteiger partial charge in [0.1, 0.15) is 0 Å². The van der Waals surface area contributed by atoms with Crippen LogP contribution in [0.5, 0.6) is 0 Å². The summed E-state index contributed by atoms with van der Waals surface area (Å²) in [5.74, 6) is -1.17. The molecule has 26 heavy (non-hydrogen) atoms. The number of hydrogen-bond acceptors (Lipinski definition) is 4. The van der Waals surface area contributed by atoms with Crippen LogP contribution in [0.15, 0.2) is 53.4 Å². The summed E-state index contributed by atoms with van der Waals surface area (Å²) in [6, 6.07) is 13.7. The molecule has 0 unspecified atom stereocenters. The van der Waals surface area contributed by atoms with Crippen molar-refractivity contribution in [2.75, 3.05) is 11.9 Å². The summed E-state index contributed by atoms with van der Waals surface area (Å²) in [4.78, 5) is 11.5. The van der Waals surface area contributed by atoms with Gasteiger partial charge in [-0.3, -0.25) is 0 Å². The summed E-state index contributed by atoms with van der Waals surface area (Å²) in [5.41, 5.74) is 1.47. The zero-order valence-corrected chi connectivity index (χ0v) is 15.7. The smallest absolute Gasteiger partial charge is 0.337 e. The molecule has 7 heteroatoms. The van der Waals surface area contributed by atoms with E-state index in [2.05, 4.69) is 10.0 Å². The first-order chi connectivity index (χ1) is 12.3. The largest absolute Gasteiger partial charge is 0.478 e. The molecule has 140 valence electrons. The molecule has 0 heterocycles. The Hall–Kier alpha value is -2.38. The van der Waals surface area contributed by atoms with Gasteiger partial charge in [-0.1, -0.05) is 37.3 Å². The van der Waals surface area contributed by atoms with E-state index in [0.29, 0.717) is 18.7 Å². The molecular formula is C19H24N2O4S. The van der Waals surface area contributed by atoms with Gasteiger partial charge >= 0.3 is 5.97 Å². The number of benzene rings is 2. The molecule has 0 aliphatic heterocycles. The minimum Gasteiger partial charge on any atom is -0.478 e. The van der Waals surface area contributed by atoms with Crippen molar-refractivity contribution < 1.29 is 18.3 Å². The molecule has 0 amide bonds. The summed E-state index contributed by atoms with van der Waals surface area (Å²) in [7, 11) is -3.75. The Morgan fingerprint density at radius 1 is 1.15 bits per heavy atom. The maximum atomic E-state index is 12.4. The number of hydrogen-bond donors (Lipinski definition) is 3. The molecule has 0 spiro atoms. The van der Waals surface area contributed by atoms with Gasteiger partial charge in [0.2, 0.25) is 10.0 Å². The lowest BCUT2D eigenvalue weighted by Crippen LogP contribution is -2.32. The molecule has 0 fully saturated rings. The first-order valence-electron chi connectivity index (χ1n) is 8.51. The fourth-order valence-electron chi connectivity index (χ4n) is 2.42. The van der Waals surface area contributed by atoms with Crippen LogP contribution in [-0.2, 0) is 16.4 Å². The number of nitrogens with one attached hydrogen (secondary N) is 2. The molecule has 0 aliphatic rings. The third kappa shape index (κ3) is 5.31. The molecule has 0 saturated carbocycles. The Morgan fingerprint density at radius 3 is 2.46 bits per heavy atom. The van der Waals surface area contributed by atoms with Crippen LogP contribution in [0.3, 0.4) is 0 Å². The molecule has 0 radical (unpaired) electrons. The fraction of sp³-hybridized carbons (Fsp3) is 0.316. The average Bonchev–Trinajstić information content (AvgIpc) is 2.62. The summed E-state index contributed by atoms with van der Waals surface area (Å²) < 4.78 is 27.3. The molecule has 3 N–H and O–H groups in total. The molecule has 6 nitrogen and oxygen atoms in total. The van der Waals surface area contributed by atoms with Gasteiger partial charge in [-0.25, -0.2) is 17.9 Å². The fourth-order valence-corrected chi connectivity index (χ4v) is 3.78. The molecule has 2 rings (SSSR count). The summed E-state index contributed by atoms with van der Waals surface area (Å²) in [6.07, 6.45) is 1.37. The molecule has 1 atom stereocenters. The maximum Gasteiger partial charge on any atom is 0.337 e. The number of carboxylic acid groups (broad SMARTS) is 1. The van der Waals surface area contributed by atoms with Crippen LogP contribution in [0.25, 0.3) is 0 Å². The standard InChI is InChI=1S/C19H24N2O4S/c1-3-14(2)21-26(24,25)16-9-10-18(17(13-16)19(22)23)20-12-11-15-7-5-4-6-8-15/h4-10,13-14,20-21H,3,11-12H2,1-2H3,(H,22,23)/t14-/m1/s1. The average molecular weight is 376 g/mol. The zero-order valence-electron chi connectivity index (χ0n) is 14.9. The van der Waals surface area contributed by atoms with Crippen LogP contribution >= 0.6 is 0 Å². The van der Waals surface area contributed by atoms with Gasteiger partial charge in [-0.2, -0.15) is 0 Å². The number of carbonyl (C=O) groups is 1. The number of anilines is 1. The van der Waals surface area contributed by atoms with Gasteiger partial charge in [0, 0.05) is 18.3 Å². The Labute approximate surface area is 154 Å². The van der Waals surface area contributed by atoms with E-state index in [0.717, 1.165) is 12.0 Å². The minimum absolute atomic E-state index is 0.0520. The van der Waals surface area contributed by atoms with Crippen molar-refractivity contribution >= 4 is 21.7 Å². The lowest BCUT2D eigenvalue weighted by atomic mass is 10.1. The molecule has 0 saturated heterocycles. The second kappa shape index (κ2) is 8.82. The summed E-state index contributed by atoms with van der Waals surface area (Å²) in [5, 5.41) is 12.5. The monoisotopic (exact) mass is 376 g/mol. The second-order valence-electron chi connectivity index (χ2n) is 6.11. The van der Waals surface area contributed by atoms with Crippen LogP contribution in [0, 0.1) is 0 Å². The van der Waals surface area contributed by atoms with Crippen LogP contribution in [0.1, 0.15) is 36.2 Å². The third-order valence-corrected chi connectivity index (χ3v) is 5.66. The van der Waals surface area contributed by atoms with Crippen LogP contribution < -0.4 is 10.0 Å². The van der Waals surface area contributed by atoms with Crippen molar-refractivity contribution in [1.82, 2.24) is 4.72 Å². The van der Waals surface area contributed by atoms with E-state index in [9.17, 15) is 18.3 Å². The van der Waals surface area contributed by atoms with E-state index in [1.54, 1.807) is 6.92 Å². The Morgan fingerprint density at radius 2 is 1.85 bits per heavy atom. The van der Waals surface area contributed by atoms with Gasteiger partial charge in [-0.05, 0) is 43.5 Å². The van der Waals surface area contributed by atoms with Crippen LogP contribution in [-0.4, -0.2) is 32.1 Å². The SMILES string of the molecule is CC[C@@H](C)NS(=O)(=O)c1ccc(NCCc2ccccc2)c(C(=O)O)c1. The number of carboxylic acids is 1. The Balaban J connectivity index is 2.17. The highest BCUT2D eigenvalue weighted by Gasteiger charge is 2.20. The van der Waals surface area contributed by atoms with Crippen LogP contribution in [0.2, 0.25) is 0 Å². The quantitative estimate of drug-likeness (QED) is 0.625. The maximum absolute atomic E-state index is 12.4. The third-order valence-electron chi connectivity index (χ3n) is 4.07. The minimum atomic E-state index is -3.75. The molecule has 0 aliphatic carbocycles. The van der Waals surface area contributed by atoms with Crippen molar-refractivity contribution in [1.29, 1.82) is 0 Å². The first kappa shape index (κ1) is 19.9. The highest BCUT2D eigenvalue weighted by atomic mass is 32.2. The van der Waals surface area contributed by atoms with Crippen molar-refractivity contribution in [3.63, 3.8) is 0 Å². The van der Waals surface area contributed by atoms with E-state index >= 15 is 0 Å². The van der Waals surface area contributed by atoms with Gasteiger partial charge < -0.3 is 10.4 Å². The van der Waals surface area contributed by atoms with E-state index in [-0.39, 0.29) is 16.5 Å². The number of sulfonamides is 1. The second-order valence-corrected chi connectivity index (χ2v) is 7.82. The van der Waals surface area contributed by atoms with Crippen molar-refractivity contribution in [2.24, 2.45) is 0 Å². The highest BCUT2D eigenvalue weighted by molar-refractivity contribution is 7.89. The number of aromatic carboxylic acids is 1. The molecular weight excluding hydrogens is 352 g/mol. The zero-order chi connectivity index (χ0) is 19.2. The first-order valence-corrected chi connectivity index (χ1v) is 9.99. The van der Waals surface area contributed by atoms with Gasteiger partial charge in [0.15, 0.2) is 0 Å². The topological polar surface area (TPSA) is 95.5 Å². The Bertz CT molecular complexity index is 851. The van der Waals surface area contributed by atoms with Gasteiger partial charge in [0.05, 0.1) is 10.5 Å². The highest BCUT2D eigenvalue weighted by Crippen LogP contribution is 2.21. The molecule has 0 aromatic heterocycles. The molecule has 2 aromatic carbocycles. The van der Waals surface area contributed by atoms with Crippen molar-refractivity contribution in [2.45, 2.75) is 37.6 Å². The van der Waals surface area contributed by atoms with E-state index in [1.807, 2.05) is 37.3 Å². The molecule has 0 bridgehead atoms. The lowest BCUT2D eigenvalue weighted by Gasteiger charge is -2.14. The predicted molar refractivity (Wildman–Crippen MR) is 102 cm³/mol. The predicted octanol–water partition coefficient (Wildman–Crippen LogP) is 3.12. The summed E-state index contributed by atoms with van der Waals surface area (Å²) in [6.45, 7) is 4.17. The molecule has 2 aromatic rings. The van der Waals surface area contributed by atoms with E-state index < -0.39 is 16.0 Å².